The molecule has 0 saturated heterocycles. The molecule has 0 spiro atoms. The van der Waals surface area contributed by atoms with Crippen LogP contribution >= 0.6 is 47.5 Å². The van der Waals surface area contributed by atoms with Gasteiger partial charge in [0.1, 0.15) is 0 Å². The Hall–Kier alpha value is 1.08. The molecule has 0 aliphatic rings. The Kier molecular flexibility index (Phi) is 54.4. The van der Waals surface area contributed by atoms with Crippen LogP contribution in [0.2, 0.25) is 0 Å². The van der Waals surface area contributed by atoms with Gasteiger partial charge in [-0.3, -0.25) is 19.9 Å². The number of nitrogens with zero attached hydrogens (tertiary/aromatic N) is 4. The van der Waals surface area contributed by atoms with Crippen molar-refractivity contribution >= 4 is 69.6 Å². The average molecular weight is 915 g/mol. The number of benzene rings is 2. The molecule has 0 atom stereocenters. The van der Waals surface area contributed by atoms with Crippen molar-refractivity contribution in [1.82, 2.24) is 19.9 Å². The van der Waals surface area contributed by atoms with E-state index in [1.165, 1.54) is 0 Å². The first-order valence-electron chi connectivity index (χ1n) is 15.2. The maximum atomic E-state index is 4.12. The summed E-state index contributed by atoms with van der Waals surface area (Å²) in [6, 6.07) is 15.6. The van der Waals surface area contributed by atoms with E-state index in [4.69, 9.17) is 0 Å². The number of para-hydroxylation sites is 4. The van der Waals surface area contributed by atoms with E-state index >= 15 is 0 Å². The summed E-state index contributed by atoms with van der Waals surface area (Å²) >= 11 is 0. The summed E-state index contributed by atoms with van der Waals surface area (Å²) in [5.41, 5.74) is 3.80. The zero-order valence-electron chi connectivity index (χ0n) is 32.5. The van der Waals surface area contributed by atoms with E-state index in [9.17, 15) is 0 Å². The fourth-order valence-corrected chi connectivity index (χ4v) is 1.82. The number of hydrogen-bond acceptors (Lipinski definition) is 4. The molecule has 2 aromatic heterocycles. The molecule has 4 nitrogen and oxygen atoms in total. The first-order valence-corrected chi connectivity index (χ1v) is 33.2. The normalized spacial score (nSPS) is 9.04. The molecule has 0 amide bonds. The molecule has 0 N–H and O–H groups in total. The molecule has 0 radical (unpaired) electrons. The first-order chi connectivity index (χ1) is 20.3. The van der Waals surface area contributed by atoms with Crippen molar-refractivity contribution in [2.24, 2.45) is 0 Å². The van der Waals surface area contributed by atoms with Gasteiger partial charge in [-0.05, 0) is 71.8 Å². The van der Waals surface area contributed by atoms with Crippen molar-refractivity contribution < 1.29 is 42.1 Å². The van der Waals surface area contributed by atoms with Crippen molar-refractivity contribution in [3.05, 3.63) is 73.3 Å². The number of hydrogen-bond donors (Lipinski definition) is 0. The zero-order chi connectivity index (χ0) is 35.1. The molecule has 0 bridgehead atoms. The van der Waals surface area contributed by atoms with Crippen molar-refractivity contribution in [3.8, 4) is 0 Å². The summed E-state index contributed by atoms with van der Waals surface area (Å²) in [4.78, 5) is 16.5. The summed E-state index contributed by atoms with van der Waals surface area (Å²) in [6.45, 7) is 40.8. The maximum Gasteiger partial charge on any atom is 0.0886 e. The Morgan fingerprint density at radius 1 is 0.283 bits per heavy atom. The van der Waals surface area contributed by atoms with Crippen LogP contribution in [0, 0.1) is 0 Å². The summed E-state index contributed by atoms with van der Waals surface area (Å²) < 4.78 is 0. The Balaban J connectivity index is -0.000000104. The second-order valence-electron chi connectivity index (χ2n) is 13.1. The van der Waals surface area contributed by atoms with Gasteiger partial charge in [0.05, 0.1) is 22.1 Å². The van der Waals surface area contributed by atoms with Crippen molar-refractivity contribution in [2.45, 2.75) is 0 Å². The topological polar surface area (TPSA) is 51.6 Å². The van der Waals surface area contributed by atoms with E-state index in [1.54, 1.807) is 24.8 Å². The number of fused-ring (bicyclic) bond motifs is 2. The summed E-state index contributed by atoms with van der Waals surface area (Å²) in [6.07, 6.45) is 6.79. The van der Waals surface area contributed by atoms with E-state index in [2.05, 4.69) is 140 Å². The van der Waals surface area contributed by atoms with Gasteiger partial charge in [-0.1, -0.05) is 24.3 Å². The van der Waals surface area contributed by atoms with E-state index in [-0.39, 0.29) is 89.7 Å². The third-order valence-electron chi connectivity index (χ3n) is 2.75. The first kappa shape index (κ1) is 59.2. The van der Waals surface area contributed by atoms with Crippen molar-refractivity contribution in [3.63, 3.8) is 0 Å². The molecule has 0 aliphatic carbocycles. The second-order valence-corrected chi connectivity index (χ2v) is 31.1. The molecule has 12 heteroatoms. The Bertz CT molecular complexity index is 873. The van der Waals surface area contributed by atoms with Crippen LogP contribution in [0.4, 0.5) is 0 Å². The largest absolute Gasteiger partial charge is 0.253 e. The minimum atomic E-state index is 0. The monoisotopic (exact) mass is 918 g/mol. The van der Waals surface area contributed by atoms with Crippen LogP contribution in [0.3, 0.4) is 0 Å². The predicted molar refractivity (Wildman–Crippen MR) is 236 cm³/mol. The third-order valence-corrected chi connectivity index (χ3v) is 2.75. The van der Waals surface area contributed by atoms with Gasteiger partial charge in [0.25, 0.3) is 0 Å². The van der Waals surface area contributed by atoms with Crippen LogP contribution in [0.25, 0.3) is 22.1 Å². The number of rotatable bonds is 0. The van der Waals surface area contributed by atoms with Gasteiger partial charge in [-0.25, -0.2) is 0 Å². The zero-order valence-corrected chi connectivity index (χ0v) is 42.5. The van der Waals surface area contributed by atoms with Crippen LogP contribution < -0.4 is 0 Å². The molecule has 4 rings (SSSR count). The van der Waals surface area contributed by atoms with Crippen LogP contribution in [-0.4, -0.2) is 140 Å². The minimum absolute atomic E-state index is 0. The molecule has 4 aromatic rings. The standard InChI is InChI=1S/2C8H6N2.6C3H9P.2Mo/c2*1-2-4-8-7(3-1)9-5-6-10-8;6*1-4(2)3;;/h2*1-6H;6*1-3H3;;/p+6. The Labute approximate surface area is 322 Å². The van der Waals surface area contributed by atoms with Gasteiger partial charge < -0.3 is 0 Å². The number of aromatic nitrogens is 4. The molecule has 2 heterocycles. The quantitative estimate of drug-likeness (QED) is 0.130. The molecule has 0 fully saturated rings. The molecule has 0 aliphatic heterocycles. The van der Waals surface area contributed by atoms with E-state index in [1.807, 2.05) is 48.5 Å². The molecular formula is C34H72Mo2N4P6+6. The van der Waals surface area contributed by atoms with Gasteiger partial charge in [-0.2, -0.15) is 0 Å². The maximum absolute atomic E-state index is 4.12. The minimum Gasteiger partial charge on any atom is -0.253 e. The molecule has 46 heavy (non-hydrogen) atoms. The third kappa shape index (κ3) is 63.7. The average Bonchev–Trinajstić information content (AvgIpc) is 2.87. The smallest absolute Gasteiger partial charge is 0.0886 e. The fraction of sp³-hybridized carbons (Fsp3) is 0.529. The van der Waals surface area contributed by atoms with E-state index in [0.717, 1.165) is 22.1 Å². The summed E-state index contributed by atoms with van der Waals surface area (Å²) in [7, 11) is 0.722. The molecule has 264 valence electrons. The molecule has 0 saturated carbocycles. The van der Waals surface area contributed by atoms with E-state index in [0.29, 0.717) is 0 Å². The predicted octanol–water partition coefficient (Wildman–Crippen LogP) is 9.79. The molecule has 0 unspecified atom stereocenters. The van der Waals surface area contributed by atoms with Gasteiger partial charge in [-0.15, -0.1) is 0 Å². The van der Waals surface area contributed by atoms with Crippen LogP contribution in [-0.2, 0) is 42.1 Å². The Morgan fingerprint density at radius 3 is 0.500 bits per heavy atom. The molecule has 2 aromatic carbocycles. The van der Waals surface area contributed by atoms with Crippen molar-refractivity contribution in [2.75, 3.05) is 120 Å². The van der Waals surface area contributed by atoms with Gasteiger partial charge in [0.15, 0.2) is 0 Å². The van der Waals surface area contributed by atoms with Crippen LogP contribution in [0.15, 0.2) is 73.3 Å². The van der Waals surface area contributed by atoms with Gasteiger partial charge in [0, 0.05) is 187 Å². The molecular weight excluding hydrogens is 842 g/mol. The van der Waals surface area contributed by atoms with E-state index < -0.39 is 0 Å². The van der Waals surface area contributed by atoms with Gasteiger partial charge in [0.2, 0.25) is 0 Å². The summed E-state index contributed by atoms with van der Waals surface area (Å²) in [5.74, 6) is 0. The Morgan fingerprint density at radius 2 is 0.391 bits per heavy atom. The SMILES string of the molecule is C[PH+](C)C.C[PH+](C)C.C[PH+](C)C.C[PH+](C)C.C[PH+](C)C.C[PH+](C)C.[Mo].[Mo].c1ccc2nccnc2c1.c1ccc2nccnc2c1. The van der Waals surface area contributed by atoms with Crippen molar-refractivity contribution in [1.29, 1.82) is 0 Å². The second kappa shape index (κ2) is 42.2. The fourth-order valence-electron chi connectivity index (χ4n) is 1.82. The van der Waals surface area contributed by atoms with Gasteiger partial charge >= 0.3 is 0 Å². The summed E-state index contributed by atoms with van der Waals surface area (Å²) in [5, 5.41) is 0. The van der Waals surface area contributed by atoms with Crippen LogP contribution in [0.5, 0.6) is 0 Å². The van der Waals surface area contributed by atoms with Crippen LogP contribution in [0.1, 0.15) is 0 Å².